The first-order chi connectivity index (χ1) is 50.2. The average Bonchev–Trinajstić information content (AvgIpc) is 0.841. The third-order valence-corrected chi connectivity index (χ3v) is 16.0. The van der Waals surface area contributed by atoms with Crippen LogP contribution in [0.3, 0.4) is 0 Å². The third-order valence-electron chi connectivity index (χ3n) is 16.0. The van der Waals surface area contributed by atoms with Gasteiger partial charge >= 0.3 is 47.8 Å². The summed E-state index contributed by atoms with van der Waals surface area (Å²) in [5, 5.41) is 0. The topological polar surface area (TPSA) is 247 Å². The van der Waals surface area contributed by atoms with Crippen LogP contribution in [0.1, 0.15) is 187 Å². The Balaban J connectivity index is 1.06. The fourth-order valence-electron chi connectivity index (χ4n) is 10.3. The highest BCUT2D eigenvalue weighted by Gasteiger charge is 2.19. The Morgan fingerprint density at radius 1 is 0.243 bits per heavy atom. The summed E-state index contributed by atoms with van der Waals surface area (Å²) < 4.78 is 67.6. The highest BCUT2D eigenvalue weighted by Crippen LogP contribution is 2.31. The van der Waals surface area contributed by atoms with Gasteiger partial charge in [-0.15, -0.1) is 0 Å². The number of esters is 8. The van der Waals surface area contributed by atoms with Gasteiger partial charge < -0.3 is 56.8 Å². The molecule has 0 radical (unpaired) electrons. The van der Waals surface area contributed by atoms with Crippen molar-refractivity contribution in [1.82, 2.24) is 0 Å². The number of hydrogen-bond acceptors (Lipinski definition) is 20. The van der Waals surface area contributed by atoms with Crippen LogP contribution in [-0.4, -0.2) is 101 Å². The number of aryl methyl sites for hydroxylation is 2. The van der Waals surface area contributed by atoms with Crippen molar-refractivity contribution >= 4 is 47.8 Å². The molecule has 0 N–H and O–H groups in total. The van der Waals surface area contributed by atoms with Crippen LogP contribution in [-0.2, 0) is 51.0 Å². The number of ether oxygens (including phenoxy) is 12. The van der Waals surface area contributed by atoms with Crippen LogP contribution >= 0.6 is 0 Å². The molecule has 0 aliphatic heterocycles. The molecule has 0 bridgehead atoms. The fourth-order valence-corrected chi connectivity index (χ4v) is 10.3. The van der Waals surface area contributed by atoms with Crippen molar-refractivity contribution in [2.75, 3.05) is 52.9 Å². The number of carbonyl (C=O) groups excluding carboxylic acids is 8. The van der Waals surface area contributed by atoms with E-state index >= 15 is 0 Å². The van der Waals surface area contributed by atoms with E-state index < -0.39 is 47.8 Å². The Morgan fingerprint density at radius 3 is 0.709 bits per heavy atom. The molecule has 0 amide bonds. The molecule has 0 fully saturated rings. The molecule has 20 heteroatoms. The number of unbranched alkanes of at least 4 members (excludes halogenated alkanes) is 16. The number of benzene rings is 6. The second kappa shape index (κ2) is 48.1. The van der Waals surface area contributed by atoms with E-state index in [1.165, 1.54) is 0 Å². The Kier molecular flexibility index (Phi) is 38.0. The molecule has 6 aromatic rings. The smallest absolute Gasteiger partial charge is 0.343 e. The molecule has 103 heavy (non-hydrogen) atoms. The van der Waals surface area contributed by atoms with E-state index in [-0.39, 0.29) is 11.5 Å². The normalized spacial score (nSPS) is 10.6. The largest absolute Gasteiger partial charge is 0.494 e. The number of carbonyl (C=O) groups is 8. The van der Waals surface area contributed by atoms with Crippen molar-refractivity contribution < 1.29 is 95.2 Å². The lowest BCUT2D eigenvalue weighted by Crippen LogP contribution is -2.11. The van der Waals surface area contributed by atoms with E-state index in [0.29, 0.717) is 146 Å². The Morgan fingerprint density at radius 2 is 0.456 bits per heavy atom. The Labute approximate surface area is 604 Å². The highest BCUT2D eigenvalue weighted by atomic mass is 16.6. The summed E-state index contributed by atoms with van der Waals surface area (Å²) in [6.07, 6.45) is 22.5. The van der Waals surface area contributed by atoms with E-state index in [1.54, 1.807) is 133 Å². The lowest BCUT2D eigenvalue weighted by molar-refractivity contribution is -0.138. The first-order valence-electron chi connectivity index (χ1n) is 35.5. The van der Waals surface area contributed by atoms with Crippen molar-refractivity contribution in [3.63, 3.8) is 0 Å². The molecule has 0 saturated heterocycles. The van der Waals surface area contributed by atoms with E-state index in [1.807, 2.05) is 0 Å². The molecule has 0 aromatic heterocycles. The van der Waals surface area contributed by atoms with E-state index in [2.05, 4.69) is 26.3 Å². The molecule has 6 aromatic carbocycles. The van der Waals surface area contributed by atoms with Gasteiger partial charge in [-0.2, -0.15) is 0 Å². The quantitative estimate of drug-likeness (QED) is 0.0113. The number of hydrogen-bond donors (Lipinski definition) is 0. The zero-order chi connectivity index (χ0) is 73.5. The maximum absolute atomic E-state index is 13.7. The molecule has 6 rings (SSSR count). The maximum atomic E-state index is 13.7. The summed E-state index contributed by atoms with van der Waals surface area (Å²) in [5.74, 6) is -0.534. The summed E-state index contributed by atoms with van der Waals surface area (Å²) in [6, 6.07) is 36.6. The van der Waals surface area contributed by atoms with E-state index in [9.17, 15) is 38.4 Å². The molecular formula is C83H96O20. The van der Waals surface area contributed by atoms with Crippen LogP contribution < -0.4 is 37.9 Å². The van der Waals surface area contributed by atoms with Gasteiger partial charge in [0, 0.05) is 24.3 Å². The second-order valence-electron chi connectivity index (χ2n) is 24.0. The van der Waals surface area contributed by atoms with Crippen LogP contribution in [0.4, 0.5) is 0 Å². The van der Waals surface area contributed by atoms with Gasteiger partial charge in [0.15, 0.2) is 0 Å². The second-order valence-corrected chi connectivity index (χ2v) is 24.0. The maximum Gasteiger partial charge on any atom is 0.343 e. The van der Waals surface area contributed by atoms with Gasteiger partial charge in [0.1, 0.15) is 46.0 Å². The Bertz CT molecular complexity index is 3410. The van der Waals surface area contributed by atoms with Crippen LogP contribution in [0.5, 0.6) is 46.0 Å². The lowest BCUT2D eigenvalue weighted by atomic mass is 10.0. The van der Waals surface area contributed by atoms with E-state index in [0.717, 1.165) is 146 Å². The van der Waals surface area contributed by atoms with Gasteiger partial charge in [-0.1, -0.05) is 45.6 Å². The van der Waals surface area contributed by atoms with Gasteiger partial charge in [0.2, 0.25) is 0 Å². The zero-order valence-corrected chi connectivity index (χ0v) is 58.9. The van der Waals surface area contributed by atoms with Crippen molar-refractivity contribution in [1.29, 1.82) is 0 Å². The average molecular weight is 1410 g/mol. The SMILES string of the molecule is C=CC(=O)OCCCCCCOc1ccc(C(=O)Oc2ccc(OC(=O)c3ccc(OCCCCCCOC(=O)C=C)cc3)c(CCCCCCCc3cc(OC(=O)c4ccc(OCCCCCCOC(=O)C=C)cc4)ccc3OC(=O)c3ccc(OCCCCCCOC(=O)C=C)cc3)c2)cc1. The number of rotatable bonds is 52. The van der Waals surface area contributed by atoms with Gasteiger partial charge in [-0.3, -0.25) is 0 Å². The molecular weight excluding hydrogens is 1320 g/mol. The van der Waals surface area contributed by atoms with Crippen LogP contribution in [0.15, 0.2) is 184 Å². The molecule has 20 nitrogen and oxygen atoms in total. The van der Waals surface area contributed by atoms with Crippen LogP contribution in [0.2, 0.25) is 0 Å². The first-order valence-corrected chi connectivity index (χ1v) is 35.5. The van der Waals surface area contributed by atoms with Crippen LogP contribution in [0, 0.1) is 0 Å². The minimum Gasteiger partial charge on any atom is -0.494 e. The lowest BCUT2D eigenvalue weighted by Gasteiger charge is -2.14. The highest BCUT2D eigenvalue weighted by molar-refractivity contribution is 5.94. The summed E-state index contributed by atoms with van der Waals surface area (Å²) in [4.78, 5) is 99.6. The van der Waals surface area contributed by atoms with Crippen LogP contribution in [0.25, 0.3) is 0 Å². The molecule has 0 heterocycles. The van der Waals surface area contributed by atoms with Gasteiger partial charge in [-0.25, -0.2) is 38.4 Å². The van der Waals surface area contributed by atoms with Gasteiger partial charge in [0.05, 0.1) is 75.1 Å². The van der Waals surface area contributed by atoms with Crippen molar-refractivity contribution in [3.05, 3.63) is 217 Å². The molecule has 0 spiro atoms. The summed E-state index contributed by atoms with van der Waals surface area (Å²) in [5.41, 5.74) is 2.54. The predicted octanol–water partition coefficient (Wildman–Crippen LogP) is 17.0. The molecule has 0 aliphatic rings. The summed E-state index contributed by atoms with van der Waals surface area (Å²) in [6.45, 7) is 16.9. The zero-order valence-electron chi connectivity index (χ0n) is 58.9. The minimum atomic E-state index is -0.586. The van der Waals surface area contributed by atoms with Crippen molar-refractivity contribution in [3.8, 4) is 46.0 Å². The molecule has 0 atom stereocenters. The molecule has 0 aliphatic carbocycles. The predicted molar refractivity (Wildman–Crippen MR) is 389 cm³/mol. The van der Waals surface area contributed by atoms with E-state index in [4.69, 9.17) is 56.8 Å². The molecule has 0 unspecified atom stereocenters. The van der Waals surface area contributed by atoms with Gasteiger partial charge in [-0.05, 0) is 273 Å². The van der Waals surface area contributed by atoms with Crippen molar-refractivity contribution in [2.45, 2.75) is 148 Å². The molecule has 548 valence electrons. The summed E-state index contributed by atoms with van der Waals surface area (Å²) >= 11 is 0. The standard InChI is InChI=1S/C83H96O20/c1-5-76(84)96-56-26-16-12-22-52-92-68-40-32-62(33-41-68)80(88)100-72-48-50-74(102-82(90)64-36-44-70(45-37-64)94-54-24-14-18-28-58-98-78(86)7-3)66(60-72)30-20-10-9-11-21-31-67-61-73(101-81(89)63-34-42-69(43-35-63)93-53-23-13-17-27-57-97-77(85)6-2)49-51-75(67)103-83(91)65-38-46-71(47-39-65)95-55-25-15-19-29-59-99-79(87)8-4/h5-8,32-51,60-61H,1-4,9-31,52-59H2. The van der Waals surface area contributed by atoms with Crippen molar-refractivity contribution in [2.24, 2.45) is 0 Å². The monoisotopic (exact) mass is 1410 g/mol. The fraction of sp³-hybridized carbons (Fsp3) is 0.373. The first kappa shape index (κ1) is 81.2. The van der Waals surface area contributed by atoms with Gasteiger partial charge in [0.25, 0.3) is 0 Å². The summed E-state index contributed by atoms with van der Waals surface area (Å²) in [7, 11) is 0. The third kappa shape index (κ3) is 32.6. The molecule has 0 saturated carbocycles. The Hall–Kier alpha value is -10.8. The minimum absolute atomic E-state index is 0.263.